The molecule has 0 bridgehead atoms. The summed E-state index contributed by atoms with van der Waals surface area (Å²) in [6.45, 7) is 18.0. The minimum Gasteiger partial charge on any atom is -0.445 e. The predicted octanol–water partition coefficient (Wildman–Crippen LogP) is 4.18. The topological polar surface area (TPSA) is 62.6 Å². The standard InChI is InChI=1S/C18H32N2O3Si/c1-8-9-22-17(21)20-12-15(11-19)10-16(20)13-23-24(6,7)18(4,5)14(2)3/h8,14-16H,1,9-10,12-13H2,2-7H3/t15-,16-/m0/s1. The molecule has 0 aromatic rings. The molecule has 1 fully saturated rings. The minimum atomic E-state index is -1.96. The molecule has 1 rings (SSSR count). The first-order valence-electron chi connectivity index (χ1n) is 8.64. The SMILES string of the molecule is C=CCOC(=O)N1C[C@H](C#N)C[C@H]1CO[Si](C)(C)C(C)(C)C(C)C. The van der Waals surface area contributed by atoms with Crippen molar-refractivity contribution >= 4 is 14.4 Å². The van der Waals surface area contributed by atoms with Crippen LogP contribution in [0.4, 0.5) is 4.79 Å². The molecule has 0 aromatic carbocycles. The molecule has 1 aliphatic rings. The van der Waals surface area contributed by atoms with Gasteiger partial charge in [-0.2, -0.15) is 5.26 Å². The number of amides is 1. The Morgan fingerprint density at radius 1 is 1.50 bits per heavy atom. The molecular formula is C18H32N2O3Si. The van der Waals surface area contributed by atoms with Gasteiger partial charge >= 0.3 is 6.09 Å². The molecule has 1 amide bonds. The van der Waals surface area contributed by atoms with Gasteiger partial charge in [0.25, 0.3) is 0 Å². The second-order valence-corrected chi connectivity index (χ2v) is 12.5. The molecule has 1 saturated heterocycles. The highest BCUT2D eigenvalue weighted by Gasteiger charge is 2.45. The van der Waals surface area contributed by atoms with Crippen molar-refractivity contribution in [1.82, 2.24) is 4.90 Å². The lowest BCUT2D eigenvalue weighted by molar-refractivity contribution is 0.0931. The smallest absolute Gasteiger partial charge is 0.410 e. The zero-order valence-corrected chi connectivity index (χ0v) is 17.0. The summed E-state index contributed by atoms with van der Waals surface area (Å²) in [5, 5.41) is 9.33. The summed E-state index contributed by atoms with van der Waals surface area (Å²) in [6.07, 6.45) is 1.80. The maximum atomic E-state index is 12.2. The Labute approximate surface area is 147 Å². The average molecular weight is 353 g/mol. The fourth-order valence-corrected chi connectivity index (χ4v) is 5.16. The summed E-state index contributed by atoms with van der Waals surface area (Å²) in [4.78, 5) is 13.9. The van der Waals surface area contributed by atoms with Crippen molar-refractivity contribution in [2.45, 2.75) is 58.3 Å². The monoisotopic (exact) mass is 352 g/mol. The average Bonchev–Trinajstić information content (AvgIpc) is 2.93. The highest BCUT2D eigenvalue weighted by Crippen LogP contribution is 2.44. The summed E-state index contributed by atoms with van der Waals surface area (Å²) in [6, 6.07) is 2.17. The van der Waals surface area contributed by atoms with Crippen molar-refractivity contribution in [1.29, 1.82) is 5.26 Å². The molecule has 0 aromatic heterocycles. The number of nitrogens with zero attached hydrogens (tertiary/aromatic N) is 2. The zero-order chi connectivity index (χ0) is 18.5. The van der Waals surface area contributed by atoms with Crippen LogP contribution < -0.4 is 0 Å². The molecule has 0 unspecified atom stereocenters. The fourth-order valence-electron chi connectivity index (χ4n) is 2.79. The molecule has 24 heavy (non-hydrogen) atoms. The van der Waals surface area contributed by atoms with Gasteiger partial charge in [0.2, 0.25) is 0 Å². The van der Waals surface area contributed by atoms with E-state index in [0.717, 1.165) is 0 Å². The number of carbonyl (C=O) groups is 1. The van der Waals surface area contributed by atoms with Gasteiger partial charge in [-0.1, -0.05) is 40.3 Å². The van der Waals surface area contributed by atoms with E-state index in [2.05, 4.69) is 53.4 Å². The maximum Gasteiger partial charge on any atom is 0.410 e. The molecule has 0 saturated carbocycles. The largest absolute Gasteiger partial charge is 0.445 e. The van der Waals surface area contributed by atoms with Crippen LogP contribution >= 0.6 is 0 Å². The van der Waals surface area contributed by atoms with E-state index < -0.39 is 8.32 Å². The second kappa shape index (κ2) is 8.17. The van der Waals surface area contributed by atoms with Gasteiger partial charge in [-0.05, 0) is 30.5 Å². The number of rotatable bonds is 7. The van der Waals surface area contributed by atoms with Crippen LogP contribution in [0.25, 0.3) is 0 Å². The van der Waals surface area contributed by atoms with E-state index in [4.69, 9.17) is 9.16 Å². The van der Waals surface area contributed by atoms with Gasteiger partial charge in [-0.25, -0.2) is 4.79 Å². The summed E-state index contributed by atoms with van der Waals surface area (Å²) in [5.74, 6) is 0.362. The predicted molar refractivity (Wildman–Crippen MR) is 98.1 cm³/mol. The van der Waals surface area contributed by atoms with E-state index in [1.54, 1.807) is 11.0 Å². The Morgan fingerprint density at radius 3 is 2.62 bits per heavy atom. The minimum absolute atomic E-state index is 0.0956. The third kappa shape index (κ3) is 4.61. The van der Waals surface area contributed by atoms with Crippen molar-refractivity contribution < 1.29 is 14.0 Å². The normalized spacial score (nSPS) is 21.7. The van der Waals surface area contributed by atoms with Gasteiger partial charge in [-0.3, -0.25) is 0 Å². The summed E-state index contributed by atoms with van der Waals surface area (Å²) in [5.41, 5.74) is 0. The highest BCUT2D eigenvalue weighted by molar-refractivity contribution is 6.74. The summed E-state index contributed by atoms with van der Waals surface area (Å²) >= 11 is 0. The lowest BCUT2D eigenvalue weighted by Gasteiger charge is -2.43. The van der Waals surface area contributed by atoms with Crippen LogP contribution in [0.3, 0.4) is 0 Å². The Balaban J connectivity index is 2.77. The third-order valence-electron chi connectivity index (χ3n) is 5.79. The number of nitriles is 1. The van der Waals surface area contributed by atoms with E-state index in [0.29, 0.717) is 25.5 Å². The molecule has 0 spiro atoms. The lowest BCUT2D eigenvalue weighted by Crippen LogP contribution is -2.48. The van der Waals surface area contributed by atoms with Crippen molar-refractivity contribution in [2.24, 2.45) is 11.8 Å². The van der Waals surface area contributed by atoms with Gasteiger partial charge in [-0.15, -0.1) is 0 Å². The van der Waals surface area contributed by atoms with E-state index in [1.165, 1.54) is 0 Å². The van der Waals surface area contributed by atoms with Gasteiger partial charge in [0, 0.05) is 6.54 Å². The first-order valence-corrected chi connectivity index (χ1v) is 11.6. The van der Waals surface area contributed by atoms with Crippen molar-refractivity contribution in [3.05, 3.63) is 12.7 Å². The molecule has 2 atom stereocenters. The van der Waals surface area contributed by atoms with Crippen LogP contribution in [0, 0.1) is 23.2 Å². The Bertz CT molecular complexity index is 497. The van der Waals surface area contributed by atoms with Crippen LogP contribution in [-0.2, 0) is 9.16 Å². The second-order valence-electron chi connectivity index (χ2n) is 7.93. The summed E-state index contributed by atoms with van der Waals surface area (Å²) in [7, 11) is -1.96. The molecule has 1 aliphatic heterocycles. The van der Waals surface area contributed by atoms with E-state index in [-0.39, 0.29) is 29.7 Å². The summed E-state index contributed by atoms with van der Waals surface area (Å²) < 4.78 is 11.5. The lowest BCUT2D eigenvalue weighted by atomic mass is 9.99. The Kier molecular flexibility index (Phi) is 7.06. The number of hydrogen-bond acceptors (Lipinski definition) is 4. The van der Waals surface area contributed by atoms with Crippen LogP contribution in [-0.4, -0.2) is 45.1 Å². The Hall–Kier alpha value is -1.32. The quantitative estimate of drug-likeness (QED) is 0.509. The molecule has 0 radical (unpaired) electrons. The third-order valence-corrected chi connectivity index (χ3v) is 10.4. The van der Waals surface area contributed by atoms with Gasteiger partial charge in [0.15, 0.2) is 8.32 Å². The zero-order valence-electron chi connectivity index (χ0n) is 16.0. The number of carbonyl (C=O) groups excluding carboxylic acids is 1. The van der Waals surface area contributed by atoms with E-state index in [9.17, 15) is 10.1 Å². The molecule has 6 heteroatoms. The fraction of sp³-hybridized carbons (Fsp3) is 0.778. The Morgan fingerprint density at radius 2 is 2.12 bits per heavy atom. The molecule has 0 aliphatic carbocycles. The first kappa shape index (κ1) is 20.7. The first-order chi connectivity index (χ1) is 11.1. The molecule has 5 nitrogen and oxygen atoms in total. The maximum absolute atomic E-state index is 12.2. The highest BCUT2D eigenvalue weighted by atomic mass is 28.4. The van der Waals surface area contributed by atoms with Crippen LogP contribution in [0.2, 0.25) is 18.1 Å². The number of likely N-dealkylation sites (tertiary alicyclic amines) is 1. The van der Waals surface area contributed by atoms with Crippen LogP contribution in [0.15, 0.2) is 12.7 Å². The van der Waals surface area contributed by atoms with Gasteiger partial charge < -0.3 is 14.1 Å². The molecule has 0 N–H and O–H groups in total. The van der Waals surface area contributed by atoms with Crippen LogP contribution in [0.1, 0.15) is 34.1 Å². The number of hydrogen-bond donors (Lipinski definition) is 0. The molecule has 136 valence electrons. The van der Waals surface area contributed by atoms with E-state index in [1.807, 2.05) is 0 Å². The van der Waals surface area contributed by atoms with Gasteiger partial charge in [0.05, 0.1) is 24.6 Å². The van der Waals surface area contributed by atoms with Crippen molar-refractivity contribution in [3.63, 3.8) is 0 Å². The van der Waals surface area contributed by atoms with Crippen molar-refractivity contribution in [3.8, 4) is 6.07 Å². The van der Waals surface area contributed by atoms with Gasteiger partial charge in [0.1, 0.15) is 6.61 Å². The number of ether oxygens (including phenoxy) is 1. The molecule has 1 heterocycles. The van der Waals surface area contributed by atoms with Crippen molar-refractivity contribution in [2.75, 3.05) is 19.8 Å². The van der Waals surface area contributed by atoms with E-state index >= 15 is 0 Å². The van der Waals surface area contributed by atoms with Crippen LogP contribution in [0.5, 0.6) is 0 Å². The molecular weight excluding hydrogens is 320 g/mol.